The summed E-state index contributed by atoms with van der Waals surface area (Å²) < 4.78 is 0. The van der Waals surface area contributed by atoms with Crippen molar-refractivity contribution in [2.24, 2.45) is 5.92 Å². The van der Waals surface area contributed by atoms with E-state index in [0.29, 0.717) is 16.4 Å². The third kappa shape index (κ3) is 4.11. The predicted molar refractivity (Wildman–Crippen MR) is 88.5 cm³/mol. The minimum Gasteiger partial charge on any atom is -0.397 e. The van der Waals surface area contributed by atoms with E-state index in [4.69, 9.17) is 17.3 Å². The first-order valence-electron chi connectivity index (χ1n) is 7.61. The number of nitrogens with one attached hydrogen (secondary N) is 1. The molecule has 3 N–H and O–H groups in total. The van der Waals surface area contributed by atoms with Gasteiger partial charge in [-0.3, -0.25) is 9.69 Å². The number of hydrogen-bond acceptors (Lipinski definition) is 3. The van der Waals surface area contributed by atoms with Gasteiger partial charge in [0.2, 0.25) is 5.91 Å². The van der Waals surface area contributed by atoms with Gasteiger partial charge in [0.1, 0.15) is 0 Å². The lowest BCUT2D eigenvalue weighted by molar-refractivity contribution is -0.120. The van der Waals surface area contributed by atoms with Crippen molar-refractivity contribution < 1.29 is 4.79 Å². The molecule has 1 aromatic carbocycles. The number of halogens is 1. The lowest BCUT2D eigenvalue weighted by Gasteiger charge is -2.23. The van der Waals surface area contributed by atoms with Crippen LogP contribution >= 0.6 is 11.6 Å². The van der Waals surface area contributed by atoms with E-state index in [0.717, 1.165) is 19.0 Å². The molecule has 1 aromatic rings. The molecule has 0 aromatic heterocycles. The minimum absolute atomic E-state index is 0.00821. The van der Waals surface area contributed by atoms with E-state index in [-0.39, 0.29) is 11.9 Å². The average Bonchev–Trinajstić information content (AvgIpc) is 2.91. The molecule has 4 nitrogen and oxygen atoms in total. The highest BCUT2D eigenvalue weighted by atomic mass is 35.5. The van der Waals surface area contributed by atoms with Crippen LogP contribution in [0, 0.1) is 5.92 Å². The molecule has 1 fully saturated rings. The second kappa shape index (κ2) is 7.14. The molecule has 0 bridgehead atoms. The van der Waals surface area contributed by atoms with Gasteiger partial charge in [0.15, 0.2) is 0 Å². The third-order valence-corrected chi connectivity index (χ3v) is 4.55. The number of carbonyl (C=O) groups excluding carboxylic acids is 1. The number of nitrogens with two attached hydrogens (primary N) is 1. The predicted octanol–water partition coefficient (Wildman–Crippen LogP) is 3.37. The van der Waals surface area contributed by atoms with Crippen LogP contribution < -0.4 is 11.1 Å². The van der Waals surface area contributed by atoms with Gasteiger partial charge in [-0.25, -0.2) is 0 Å². The quantitative estimate of drug-likeness (QED) is 0.820. The zero-order valence-corrected chi connectivity index (χ0v) is 13.5. The fourth-order valence-corrected chi connectivity index (χ4v) is 3.01. The number of rotatable bonds is 5. The molecule has 0 aliphatic carbocycles. The molecule has 1 amide bonds. The molecule has 0 radical (unpaired) electrons. The van der Waals surface area contributed by atoms with Gasteiger partial charge in [0, 0.05) is 12.2 Å². The first kappa shape index (κ1) is 16.1. The van der Waals surface area contributed by atoms with Crippen molar-refractivity contribution in [2.45, 2.75) is 39.2 Å². The SMILES string of the molecule is CCCC1CCN(C(C)C(=O)Nc2ccc(Cl)c(N)c2)C1. The zero-order valence-electron chi connectivity index (χ0n) is 12.7. The van der Waals surface area contributed by atoms with Crippen LogP contribution in [0.25, 0.3) is 0 Å². The van der Waals surface area contributed by atoms with E-state index in [9.17, 15) is 4.79 Å². The van der Waals surface area contributed by atoms with Gasteiger partial charge in [-0.15, -0.1) is 0 Å². The molecular weight excluding hydrogens is 286 g/mol. The van der Waals surface area contributed by atoms with Crippen LogP contribution in [0.5, 0.6) is 0 Å². The summed E-state index contributed by atoms with van der Waals surface area (Å²) in [6.45, 7) is 6.19. The van der Waals surface area contributed by atoms with E-state index >= 15 is 0 Å². The molecule has 116 valence electrons. The topological polar surface area (TPSA) is 58.4 Å². The fourth-order valence-electron chi connectivity index (χ4n) is 2.89. The average molecular weight is 310 g/mol. The van der Waals surface area contributed by atoms with E-state index in [1.165, 1.54) is 19.3 Å². The Morgan fingerprint density at radius 2 is 2.33 bits per heavy atom. The Bertz CT molecular complexity index is 506. The molecule has 2 unspecified atom stereocenters. The molecule has 2 atom stereocenters. The second-order valence-corrected chi connectivity index (χ2v) is 6.25. The zero-order chi connectivity index (χ0) is 15.4. The van der Waals surface area contributed by atoms with Crippen LogP contribution in [0.1, 0.15) is 33.1 Å². The Labute approximate surface area is 131 Å². The number of nitrogens with zero attached hydrogens (tertiary/aromatic N) is 1. The van der Waals surface area contributed by atoms with Crippen molar-refractivity contribution in [1.82, 2.24) is 4.90 Å². The summed E-state index contributed by atoms with van der Waals surface area (Å²) in [5.74, 6) is 0.741. The van der Waals surface area contributed by atoms with Gasteiger partial charge in [-0.1, -0.05) is 24.9 Å². The summed E-state index contributed by atoms with van der Waals surface area (Å²) in [5, 5.41) is 3.42. The van der Waals surface area contributed by atoms with Crippen molar-refractivity contribution in [3.05, 3.63) is 23.2 Å². The van der Waals surface area contributed by atoms with E-state index in [2.05, 4.69) is 17.1 Å². The third-order valence-electron chi connectivity index (χ3n) is 4.20. The van der Waals surface area contributed by atoms with Gasteiger partial charge in [-0.2, -0.15) is 0 Å². The number of benzene rings is 1. The Hall–Kier alpha value is -1.26. The lowest BCUT2D eigenvalue weighted by atomic mass is 10.0. The molecule has 1 heterocycles. The van der Waals surface area contributed by atoms with Crippen LogP contribution in [0.15, 0.2) is 18.2 Å². The molecule has 0 saturated carbocycles. The number of anilines is 2. The van der Waals surface area contributed by atoms with Gasteiger partial charge >= 0.3 is 0 Å². The van der Waals surface area contributed by atoms with Crippen molar-refractivity contribution in [3.63, 3.8) is 0 Å². The molecule has 1 saturated heterocycles. The van der Waals surface area contributed by atoms with E-state index in [1.807, 2.05) is 6.92 Å². The summed E-state index contributed by atoms with van der Waals surface area (Å²) in [7, 11) is 0. The second-order valence-electron chi connectivity index (χ2n) is 5.84. The molecule has 21 heavy (non-hydrogen) atoms. The van der Waals surface area contributed by atoms with Crippen molar-refractivity contribution in [2.75, 3.05) is 24.1 Å². The normalized spacial score (nSPS) is 20.4. The Balaban J connectivity index is 1.92. The van der Waals surface area contributed by atoms with Crippen molar-refractivity contribution >= 4 is 28.9 Å². The van der Waals surface area contributed by atoms with Crippen LogP contribution in [0.3, 0.4) is 0 Å². The van der Waals surface area contributed by atoms with Crippen molar-refractivity contribution in [3.8, 4) is 0 Å². The molecule has 5 heteroatoms. The number of carbonyl (C=O) groups is 1. The molecule has 1 aliphatic rings. The maximum absolute atomic E-state index is 12.3. The van der Waals surface area contributed by atoms with E-state index < -0.39 is 0 Å². The summed E-state index contributed by atoms with van der Waals surface area (Å²) in [6.07, 6.45) is 3.65. The highest BCUT2D eigenvalue weighted by molar-refractivity contribution is 6.33. The first-order valence-corrected chi connectivity index (χ1v) is 7.99. The monoisotopic (exact) mass is 309 g/mol. The lowest BCUT2D eigenvalue weighted by Crippen LogP contribution is -2.40. The Kier molecular flexibility index (Phi) is 5.48. The molecular formula is C16H24ClN3O. The number of hydrogen-bond donors (Lipinski definition) is 2. The smallest absolute Gasteiger partial charge is 0.241 e. The fraction of sp³-hybridized carbons (Fsp3) is 0.562. The highest BCUT2D eigenvalue weighted by Gasteiger charge is 2.29. The van der Waals surface area contributed by atoms with Crippen LogP contribution in [-0.2, 0) is 4.79 Å². The molecule has 2 rings (SSSR count). The van der Waals surface area contributed by atoms with Gasteiger partial charge in [0.25, 0.3) is 0 Å². The van der Waals surface area contributed by atoms with Crippen LogP contribution in [0.2, 0.25) is 5.02 Å². The maximum Gasteiger partial charge on any atom is 0.241 e. The van der Waals surface area contributed by atoms with Gasteiger partial charge in [0.05, 0.1) is 16.8 Å². The van der Waals surface area contributed by atoms with Crippen molar-refractivity contribution in [1.29, 1.82) is 0 Å². The summed E-state index contributed by atoms with van der Waals surface area (Å²) in [6, 6.07) is 5.04. The maximum atomic E-state index is 12.3. The number of amides is 1. The number of nitrogen functional groups attached to an aromatic ring is 1. The first-order chi connectivity index (χ1) is 10.0. The highest BCUT2D eigenvalue weighted by Crippen LogP contribution is 2.25. The molecule has 1 aliphatic heterocycles. The Morgan fingerprint density at radius 1 is 1.57 bits per heavy atom. The summed E-state index contributed by atoms with van der Waals surface area (Å²) in [5.41, 5.74) is 6.92. The minimum atomic E-state index is -0.122. The standard InChI is InChI=1S/C16H24ClN3O/c1-3-4-12-7-8-20(10-12)11(2)16(21)19-13-5-6-14(17)15(18)9-13/h5-6,9,11-12H,3-4,7-8,10,18H2,1-2H3,(H,19,21). The number of likely N-dealkylation sites (tertiary alicyclic amines) is 1. The van der Waals surface area contributed by atoms with Gasteiger partial charge in [-0.05, 0) is 50.4 Å². The van der Waals surface area contributed by atoms with Crippen LogP contribution in [0.4, 0.5) is 11.4 Å². The molecule has 0 spiro atoms. The summed E-state index contributed by atoms with van der Waals surface area (Å²) in [4.78, 5) is 14.6. The van der Waals surface area contributed by atoms with Gasteiger partial charge < -0.3 is 11.1 Å². The van der Waals surface area contributed by atoms with E-state index in [1.54, 1.807) is 18.2 Å². The Morgan fingerprint density at radius 3 is 3.00 bits per heavy atom. The summed E-state index contributed by atoms with van der Waals surface area (Å²) >= 11 is 5.88. The largest absolute Gasteiger partial charge is 0.397 e. The van der Waals surface area contributed by atoms with Crippen LogP contribution in [-0.4, -0.2) is 29.9 Å².